The summed E-state index contributed by atoms with van der Waals surface area (Å²) in [6.45, 7) is 1.12. The summed E-state index contributed by atoms with van der Waals surface area (Å²) in [6.07, 6.45) is 3.52. The molecule has 0 aliphatic carbocycles. The van der Waals surface area contributed by atoms with E-state index in [-0.39, 0.29) is 5.91 Å². The summed E-state index contributed by atoms with van der Waals surface area (Å²) >= 11 is 0. The quantitative estimate of drug-likeness (QED) is 0.712. The van der Waals surface area contributed by atoms with Crippen LogP contribution in [-0.4, -0.2) is 31.0 Å². The number of hydroxylamine groups is 1. The minimum atomic E-state index is -0.514. The van der Waals surface area contributed by atoms with Crippen LogP contribution in [0.2, 0.25) is 0 Å². The molecule has 5 heteroatoms. The van der Waals surface area contributed by atoms with Gasteiger partial charge in [-0.1, -0.05) is 18.2 Å². The van der Waals surface area contributed by atoms with Gasteiger partial charge in [-0.2, -0.15) is 10.3 Å². The van der Waals surface area contributed by atoms with Crippen LogP contribution < -0.4 is 5.06 Å². The Bertz CT molecular complexity index is 566. The number of para-hydroxylation sites is 1. The SMILES string of the molecule is CON1C(=O)C2(CCN(C#N)C2)Cc2ccccc21. The van der Waals surface area contributed by atoms with Crippen LogP contribution in [0.15, 0.2) is 24.3 Å². The summed E-state index contributed by atoms with van der Waals surface area (Å²) in [5, 5.41) is 10.4. The first-order chi connectivity index (χ1) is 9.20. The molecular formula is C14H15N3O2. The predicted octanol–water partition coefficient (Wildman–Crippen LogP) is 1.31. The van der Waals surface area contributed by atoms with Crippen molar-refractivity contribution in [2.24, 2.45) is 5.41 Å². The normalized spacial score (nSPS) is 25.6. The molecule has 1 aromatic rings. The number of carbonyl (C=O) groups is 1. The Kier molecular flexibility index (Phi) is 2.68. The number of hydrogen-bond acceptors (Lipinski definition) is 4. The fraction of sp³-hybridized carbons (Fsp3) is 0.429. The fourth-order valence-electron chi connectivity index (χ4n) is 3.08. The first-order valence-electron chi connectivity index (χ1n) is 6.31. The second-order valence-electron chi connectivity index (χ2n) is 5.14. The van der Waals surface area contributed by atoms with Crippen LogP contribution in [0.1, 0.15) is 12.0 Å². The van der Waals surface area contributed by atoms with E-state index < -0.39 is 5.41 Å². The van der Waals surface area contributed by atoms with Crippen LogP contribution in [0.5, 0.6) is 0 Å². The molecule has 0 aromatic heterocycles. The summed E-state index contributed by atoms with van der Waals surface area (Å²) in [4.78, 5) is 19.6. The van der Waals surface area contributed by atoms with Gasteiger partial charge in [-0.15, -0.1) is 0 Å². The van der Waals surface area contributed by atoms with Gasteiger partial charge < -0.3 is 4.90 Å². The number of benzene rings is 1. The van der Waals surface area contributed by atoms with Gasteiger partial charge in [0, 0.05) is 13.1 Å². The van der Waals surface area contributed by atoms with Crippen molar-refractivity contribution in [3.05, 3.63) is 29.8 Å². The highest BCUT2D eigenvalue weighted by molar-refractivity contribution is 5.99. The highest BCUT2D eigenvalue weighted by Crippen LogP contribution is 2.43. The molecule has 1 saturated heterocycles. The van der Waals surface area contributed by atoms with E-state index in [9.17, 15) is 4.79 Å². The smallest absolute Gasteiger partial charge is 0.259 e. The van der Waals surface area contributed by atoms with Crippen molar-refractivity contribution >= 4 is 11.6 Å². The molecule has 1 aromatic carbocycles. The molecule has 1 amide bonds. The molecule has 0 N–H and O–H groups in total. The van der Waals surface area contributed by atoms with Gasteiger partial charge in [0.1, 0.15) is 0 Å². The molecule has 3 rings (SSSR count). The van der Waals surface area contributed by atoms with Crippen LogP contribution in [-0.2, 0) is 16.1 Å². The van der Waals surface area contributed by atoms with Gasteiger partial charge in [-0.05, 0) is 24.5 Å². The minimum absolute atomic E-state index is 0.0357. The van der Waals surface area contributed by atoms with E-state index in [0.717, 1.165) is 11.3 Å². The second-order valence-corrected chi connectivity index (χ2v) is 5.14. The predicted molar refractivity (Wildman–Crippen MR) is 68.9 cm³/mol. The zero-order valence-corrected chi connectivity index (χ0v) is 10.8. The van der Waals surface area contributed by atoms with Crippen molar-refractivity contribution in [1.29, 1.82) is 5.26 Å². The van der Waals surface area contributed by atoms with Gasteiger partial charge in [-0.3, -0.25) is 9.63 Å². The second kappa shape index (κ2) is 4.25. The van der Waals surface area contributed by atoms with Crippen LogP contribution in [0, 0.1) is 16.9 Å². The van der Waals surface area contributed by atoms with Crippen molar-refractivity contribution in [2.75, 3.05) is 25.3 Å². The fourth-order valence-corrected chi connectivity index (χ4v) is 3.08. The molecular weight excluding hydrogens is 242 g/mol. The molecule has 19 heavy (non-hydrogen) atoms. The van der Waals surface area contributed by atoms with E-state index >= 15 is 0 Å². The van der Waals surface area contributed by atoms with Gasteiger partial charge in [0.05, 0.1) is 18.2 Å². The molecule has 1 fully saturated rings. The number of amides is 1. The Hall–Kier alpha value is -2.06. The Morgan fingerprint density at radius 1 is 1.42 bits per heavy atom. The topological polar surface area (TPSA) is 56.6 Å². The molecule has 2 heterocycles. The Morgan fingerprint density at radius 3 is 2.89 bits per heavy atom. The molecule has 2 aliphatic heterocycles. The minimum Gasteiger partial charge on any atom is -0.310 e. The van der Waals surface area contributed by atoms with E-state index in [1.807, 2.05) is 24.3 Å². The Morgan fingerprint density at radius 2 is 2.21 bits per heavy atom. The summed E-state index contributed by atoms with van der Waals surface area (Å²) in [5.41, 5.74) is 1.40. The maximum absolute atomic E-state index is 12.7. The van der Waals surface area contributed by atoms with E-state index in [0.29, 0.717) is 25.9 Å². The van der Waals surface area contributed by atoms with Gasteiger partial charge in [-0.25, -0.2) is 0 Å². The highest BCUT2D eigenvalue weighted by Gasteiger charge is 2.50. The zero-order valence-electron chi connectivity index (χ0n) is 10.8. The lowest BCUT2D eigenvalue weighted by Gasteiger charge is -2.38. The third-order valence-electron chi connectivity index (χ3n) is 4.06. The average Bonchev–Trinajstić information content (AvgIpc) is 2.85. The Labute approximate surface area is 111 Å². The average molecular weight is 257 g/mol. The number of carbonyl (C=O) groups excluding carboxylic acids is 1. The lowest BCUT2D eigenvalue weighted by atomic mass is 9.77. The molecule has 2 aliphatic rings. The van der Waals surface area contributed by atoms with Crippen molar-refractivity contribution in [2.45, 2.75) is 12.8 Å². The van der Waals surface area contributed by atoms with Gasteiger partial charge in [0.2, 0.25) is 0 Å². The third-order valence-corrected chi connectivity index (χ3v) is 4.06. The maximum Gasteiger partial charge on any atom is 0.259 e. The third kappa shape index (κ3) is 1.68. The maximum atomic E-state index is 12.7. The van der Waals surface area contributed by atoms with Gasteiger partial charge in [0.25, 0.3) is 5.91 Å². The highest BCUT2D eigenvalue weighted by atomic mass is 16.7. The monoisotopic (exact) mass is 257 g/mol. The lowest BCUT2D eigenvalue weighted by Crippen LogP contribution is -2.50. The molecule has 98 valence electrons. The van der Waals surface area contributed by atoms with Gasteiger partial charge in [0.15, 0.2) is 6.19 Å². The number of hydrogen-bond donors (Lipinski definition) is 0. The molecule has 5 nitrogen and oxygen atoms in total. The number of likely N-dealkylation sites (tertiary alicyclic amines) is 1. The largest absolute Gasteiger partial charge is 0.310 e. The van der Waals surface area contributed by atoms with E-state index in [2.05, 4.69) is 6.19 Å². The standard InChI is InChI=1S/C14H15N3O2/c1-19-17-12-5-3-2-4-11(12)8-14(13(17)18)6-7-16(9-14)10-15/h2-5H,6-9H2,1H3. The van der Waals surface area contributed by atoms with Crippen LogP contribution in [0.25, 0.3) is 0 Å². The molecule has 0 saturated carbocycles. The molecule has 0 radical (unpaired) electrons. The first-order valence-corrected chi connectivity index (χ1v) is 6.31. The number of anilines is 1. The zero-order chi connectivity index (χ0) is 13.5. The van der Waals surface area contributed by atoms with Crippen molar-refractivity contribution in [3.63, 3.8) is 0 Å². The van der Waals surface area contributed by atoms with Crippen LogP contribution in [0.4, 0.5) is 5.69 Å². The molecule has 0 bridgehead atoms. The molecule has 1 atom stereocenters. The summed E-state index contributed by atoms with van der Waals surface area (Å²) in [7, 11) is 1.50. The van der Waals surface area contributed by atoms with E-state index in [4.69, 9.17) is 10.1 Å². The van der Waals surface area contributed by atoms with Crippen LogP contribution >= 0.6 is 0 Å². The number of nitrogens with zero attached hydrogens (tertiary/aromatic N) is 3. The van der Waals surface area contributed by atoms with Crippen molar-refractivity contribution < 1.29 is 9.63 Å². The van der Waals surface area contributed by atoms with Gasteiger partial charge >= 0.3 is 0 Å². The van der Waals surface area contributed by atoms with Crippen molar-refractivity contribution in [1.82, 2.24) is 4.90 Å². The lowest BCUT2D eigenvalue weighted by molar-refractivity contribution is -0.135. The van der Waals surface area contributed by atoms with Crippen LogP contribution in [0.3, 0.4) is 0 Å². The van der Waals surface area contributed by atoms with E-state index in [1.165, 1.54) is 12.2 Å². The molecule has 1 unspecified atom stereocenters. The molecule has 1 spiro atoms. The first kappa shape index (κ1) is 12.0. The van der Waals surface area contributed by atoms with Crippen molar-refractivity contribution in [3.8, 4) is 6.19 Å². The summed E-state index contributed by atoms with van der Waals surface area (Å²) in [5.74, 6) is -0.0357. The summed E-state index contributed by atoms with van der Waals surface area (Å²) < 4.78 is 0. The number of rotatable bonds is 1. The Balaban J connectivity index is 2.03. The number of nitriles is 1. The number of fused-ring (bicyclic) bond motifs is 1. The summed E-state index contributed by atoms with van der Waals surface area (Å²) in [6, 6.07) is 7.77. The van der Waals surface area contributed by atoms with E-state index in [1.54, 1.807) is 4.90 Å².